The molecule has 6 N–H and O–H groups in total. The van der Waals surface area contributed by atoms with Crippen molar-refractivity contribution in [3.8, 4) is 10.4 Å². The van der Waals surface area contributed by atoms with Crippen LogP contribution in [0.3, 0.4) is 0 Å². The molecule has 0 aliphatic carbocycles. The van der Waals surface area contributed by atoms with Crippen molar-refractivity contribution in [2.24, 2.45) is 22.8 Å². The highest BCUT2D eigenvalue weighted by Crippen LogP contribution is 2.40. The van der Waals surface area contributed by atoms with Crippen LogP contribution in [0.4, 0.5) is 5.69 Å². The molecule has 4 aromatic rings. The molecule has 0 bridgehead atoms. The van der Waals surface area contributed by atoms with Crippen LogP contribution in [0.25, 0.3) is 10.4 Å². The lowest BCUT2D eigenvalue weighted by atomic mass is 9.85. The van der Waals surface area contributed by atoms with Crippen LogP contribution in [0.2, 0.25) is 0 Å². The number of nitrogens with two attached hydrogens (primary N) is 2. The Bertz CT molecular complexity index is 2550. The number of ether oxygens (including phenoxy) is 1. The first kappa shape index (κ1) is 54.2. The molecule has 3 aromatic carbocycles. The second-order valence-corrected chi connectivity index (χ2v) is 22.2. The van der Waals surface area contributed by atoms with E-state index in [2.05, 4.69) is 22.4 Å². The van der Waals surface area contributed by atoms with Crippen molar-refractivity contribution in [1.82, 2.24) is 15.2 Å². The van der Waals surface area contributed by atoms with Gasteiger partial charge in [-0.3, -0.25) is 33.7 Å². The smallest absolute Gasteiger partial charge is 0.246 e. The Hall–Kier alpha value is -5.61. The van der Waals surface area contributed by atoms with Gasteiger partial charge in [-0.25, -0.2) is 4.98 Å². The van der Waals surface area contributed by atoms with E-state index in [-0.39, 0.29) is 80.0 Å². The van der Waals surface area contributed by atoms with Gasteiger partial charge in [0.25, 0.3) is 0 Å². The Morgan fingerprint density at radius 2 is 1.56 bits per heavy atom. The number of carbonyl (C=O) groups excluding carboxylic acids is 6. The van der Waals surface area contributed by atoms with E-state index in [0.717, 1.165) is 69.8 Å². The Balaban J connectivity index is 0.823. The van der Waals surface area contributed by atoms with Crippen LogP contribution in [0.15, 0.2) is 72.2 Å². The predicted octanol–water partition coefficient (Wildman–Crippen LogP) is 7.28. The number of likely N-dealkylation sites (tertiary alicyclic amines) is 1. The normalized spacial score (nSPS) is 19.9. The van der Waals surface area contributed by atoms with E-state index < -0.39 is 41.6 Å². The number of hydrogen-bond acceptors (Lipinski definition) is 11. The SMILES string of the molecule is Cc1ncsc1-c1ccc(CCC(=O)[C@@H]2C[C@@H](O)CN2C(=O)[C@@H](NC(=O)CCCCCCc2ccc(CO[C@H](C)[C@H](CCC(N)=O)CC(=O)[C@@H]3Cc4cccc5c4N3C(=O)[C@@H](N)CC5)cc2)C(C)(C)C)cc1. The molecule has 72 heavy (non-hydrogen) atoms. The summed E-state index contributed by atoms with van der Waals surface area (Å²) in [6, 6.07) is 19.4. The van der Waals surface area contributed by atoms with Gasteiger partial charge in [-0.1, -0.05) is 100 Å². The van der Waals surface area contributed by atoms with Gasteiger partial charge in [-0.2, -0.15) is 0 Å². The fraction of sp³-hybridized carbons (Fsp3) is 0.526. The number of carbonyl (C=O) groups is 6. The van der Waals surface area contributed by atoms with Gasteiger partial charge in [0.05, 0.1) is 58.7 Å². The van der Waals surface area contributed by atoms with Gasteiger partial charge < -0.3 is 31.5 Å². The maximum Gasteiger partial charge on any atom is 0.246 e. The molecular formula is C57H74N6O8S. The largest absolute Gasteiger partial charge is 0.391 e. The number of primary amides is 1. The minimum Gasteiger partial charge on any atom is -0.391 e. The topological polar surface area (TPSA) is 215 Å². The molecule has 1 aromatic heterocycles. The van der Waals surface area contributed by atoms with Crippen molar-refractivity contribution in [3.63, 3.8) is 0 Å². The first-order valence-corrected chi connectivity index (χ1v) is 26.8. The summed E-state index contributed by atoms with van der Waals surface area (Å²) in [5, 5.41) is 13.6. The quantitative estimate of drug-likeness (QED) is 0.0515. The second-order valence-electron chi connectivity index (χ2n) is 21.4. The summed E-state index contributed by atoms with van der Waals surface area (Å²) in [5.74, 6) is -1.67. The minimum atomic E-state index is -0.852. The number of para-hydroxylation sites is 1. The molecule has 15 heteroatoms. The zero-order chi connectivity index (χ0) is 51.7. The molecule has 7 atom stereocenters. The minimum absolute atomic E-state index is 0.0540. The molecule has 4 amide bonds. The Morgan fingerprint density at radius 3 is 2.25 bits per heavy atom. The molecule has 14 nitrogen and oxygen atoms in total. The highest BCUT2D eigenvalue weighted by molar-refractivity contribution is 7.13. The van der Waals surface area contributed by atoms with Crippen molar-refractivity contribution >= 4 is 52.2 Å². The summed E-state index contributed by atoms with van der Waals surface area (Å²) < 4.78 is 6.33. The fourth-order valence-electron chi connectivity index (χ4n) is 10.5. The average molecular weight is 1000 g/mol. The number of aryl methyl sites for hydroxylation is 4. The number of benzene rings is 3. The fourth-order valence-corrected chi connectivity index (χ4v) is 11.3. The number of nitrogens with zero attached hydrogens (tertiary/aromatic N) is 3. The Morgan fingerprint density at radius 1 is 0.875 bits per heavy atom. The zero-order valence-electron chi connectivity index (χ0n) is 42.7. The number of amides is 4. The molecule has 3 aliphatic heterocycles. The number of unbranched alkanes of at least 4 members (excludes halogenated alkanes) is 3. The van der Waals surface area contributed by atoms with Crippen LogP contribution >= 0.6 is 11.3 Å². The molecule has 7 rings (SSSR count). The summed E-state index contributed by atoms with van der Waals surface area (Å²) >= 11 is 1.59. The monoisotopic (exact) mass is 1000 g/mol. The number of thiazole rings is 1. The standard InChI is InChI=1S/C57H74N6O8S/c1-35-53(72-34-60-35)41-22-19-38(20-23-41)21-27-48(65)46-31-44(64)32-62(46)56(70)54(57(3,4)5)61-51(68)14-9-7-6-8-11-37-15-17-39(18-16-37)33-71-36(2)42(25-28-50(59)67)30-49(66)47-29-43-13-10-12-40-24-26-45(58)55(69)63(47)52(40)43/h10,12-13,15-20,22-23,34,36,42,44-47,54,64H,6-9,11,14,21,24-33,58H2,1-5H3,(H2,59,67)(H,61,68)/t36-,42-,44-,45+,46+,47+,54-/m1/s1. The number of ketones is 2. The van der Waals surface area contributed by atoms with Crippen LogP contribution in [0.1, 0.15) is 132 Å². The van der Waals surface area contributed by atoms with E-state index in [4.69, 9.17) is 16.2 Å². The number of aromatic nitrogens is 1. The second kappa shape index (κ2) is 24.4. The van der Waals surface area contributed by atoms with Crippen molar-refractivity contribution in [2.45, 2.75) is 174 Å². The number of rotatable bonds is 24. The van der Waals surface area contributed by atoms with Crippen molar-refractivity contribution in [1.29, 1.82) is 0 Å². The summed E-state index contributed by atoms with van der Waals surface area (Å²) in [6.45, 7) is 9.97. The zero-order valence-corrected chi connectivity index (χ0v) is 43.5. The summed E-state index contributed by atoms with van der Waals surface area (Å²) in [7, 11) is 0. The molecule has 0 unspecified atom stereocenters. The van der Waals surface area contributed by atoms with Crippen LogP contribution in [-0.4, -0.2) is 93.1 Å². The average Bonchev–Trinajstić information content (AvgIpc) is 4.07. The lowest BCUT2D eigenvalue weighted by molar-refractivity contribution is -0.143. The van der Waals surface area contributed by atoms with Crippen molar-refractivity contribution in [3.05, 3.63) is 106 Å². The van der Waals surface area contributed by atoms with Crippen LogP contribution in [0, 0.1) is 18.3 Å². The van der Waals surface area contributed by atoms with Gasteiger partial charge >= 0.3 is 0 Å². The predicted molar refractivity (Wildman–Crippen MR) is 280 cm³/mol. The third-order valence-electron chi connectivity index (χ3n) is 14.8. The molecule has 1 saturated heterocycles. The Kier molecular flexibility index (Phi) is 18.4. The molecule has 0 saturated carbocycles. The number of Topliss-reactive ketones (excluding diaryl/α,β-unsaturated/α-hetero) is 2. The van der Waals surface area contributed by atoms with Crippen LogP contribution < -0.4 is 21.7 Å². The third kappa shape index (κ3) is 13.7. The highest BCUT2D eigenvalue weighted by Gasteiger charge is 2.45. The van der Waals surface area contributed by atoms with Gasteiger partial charge in [0.1, 0.15) is 6.04 Å². The van der Waals surface area contributed by atoms with Crippen molar-refractivity contribution < 1.29 is 38.6 Å². The summed E-state index contributed by atoms with van der Waals surface area (Å²) in [6.07, 6.45) is 6.63. The highest BCUT2D eigenvalue weighted by atomic mass is 32.1. The number of anilines is 1. The molecule has 3 aliphatic rings. The van der Waals surface area contributed by atoms with Crippen molar-refractivity contribution in [2.75, 3.05) is 11.4 Å². The van der Waals surface area contributed by atoms with E-state index in [9.17, 15) is 33.9 Å². The first-order chi connectivity index (χ1) is 34.4. The maximum absolute atomic E-state index is 14.1. The molecule has 0 spiro atoms. The molecule has 386 valence electrons. The Labute approximate surface area is 428 Å². The number of hydrogen-bond donors (Lipinski definition) is 4. The number of β-amino-alcohol motifs (C(OH)–C–C–N with tert-alkyl or cyclic N) is 1. The van der Waals surface area contributed by atoms with E-state index in [0.29, 0.717) is 45.1 Å². The maximum atomic E-state index is 14.1. The first-order valence-electron chi connectivity index (χ1n) is 25.9. The van der Waals surface area contributed by atoms with Gasteiger partial charge in [-0.15, -0.1) is 11.3 Å². The van der Waals surface area contributed by atoms with E-state index in [1.807, 2.05) is 94.7 Å². The van der Waals surface area contributed by atoms with Gasteiger partial charge in [0.2, 0.25) is 23.6 Å². The van der Waals surface area contributed by atoms with Gasteiger partial charge in [-0.05, 0) is 104 Å². The van der Waals surface area contributed by atoms with Gasteiger partial charge in [0.15, 0.2) is 11.6 Å². The van der Waals surface area contributed by atoms with Crippen LogP contribution in [-0.2, 0) is 65.8 Å². The van der Waals surface area contributed by atoms with E-state index >= 15 is 0 Å². The summed E-state index contributed by atoms with van der Waals surface area (Å²) in [4.78, 5) is 88.9. The number of aliphatic hydroxyl groups excluding tert-OH is 1. The molecule has 1 fully saturated rings. The number of nitrogens with one attached hydrogen (secondary N) is 1. The lowest BCUT2D eigenvalue weighted by Gasteiger charge is -2.35. The van der Waals surface area contributed by atoms with Gasteiger partial charge in [0, 0.05) is 45.1 Å². The van der Waals surface area contributed by atoms with E-state index in [1.165, 1.54) is 10.5 Å². The molecular weight excluding hydrogens is 929 g/mol. The third-order valence-corrected chi connectivity index (χ3v) is 15.8. The number of aliphatic hydroxyl groups is 1. The summed E-state index contributed by atoms with van der Waals surface area (Å²) in [5.41, 5.74) is 21.1. The van der Waals surface area contributed by atoms with E-state index in [1.54, 1.807) is 16.2 Å². The molecule has 4 heterocycles. The molecule has 0 radical (unpaired) electrons. The van der Waals surface area contributed by atoms with Crippen LogP contribution in [0.5, 0.6) is 0 Å². The lowest BCUT2D eigenvalue weighted by Crippen LogP contribution is -2.56.